The second-order valence-corrected chi connectivity index (χ2v) is 11.7. The van der Waals surface area contributed by atoms with Crippen molar-refractivity contribution in [3.05, 3.63) is 63.5 Å². The molecular formula is C29H36F3NO2. The molecule has 0 saturated heterocycles. The summed E-state index contributed by atoms with van der Waals surface area (Å²) in [7, 11) is 0. The number of halogens is 3. The van der Waals surface area contributed by atoms with Crippen LogP contribution in [0.5, 0.6) is 0 Å². The molecule has 0 bridgehead atoms. The van der Waals surface area contributed by atoms with E-state index >= 15 is 0 Å². The fraction of sp³-hybridized carbons (Fsp3) is 0.621. The predicted molar refractivity (Wildman–Crippen MR) is 129 cm³/mol. The Morgan fingerprint density at radius 3 is 2.40 bits per heavy atom. The van der Waals surface area contributed by atoms with Crippen LogP contribution < -0.4 is 0 Å². The van der Waals surface area contributed by atoms with Crippen LogP contribution in [0, 0.1) is 11.3 Å². The van der Waals surface area contributed by atoms with Crippen LogP contribution in [0.15, 0.2) is 24.3 Å². The van der Waals surface area contributed by atoms with Crippen molar-refractivity contribution in [3.63, 3.8) is 0 Å². The first kappa shape index (κ1) is 24.8. The first-order chi connectivity index (χ1) is 16.4. The molecule has 5 unspecified atom stereocenters. The van der Waals surface area contributed by atoms with Crippen molar-refractivity contribution >= 4 is 0 Å². The Bertz CT molecular complexity index is 1130. The Balaban J connectivity index is 1.75. The van der Waals surface area contributed by atoms with E-state index in [1.165, 1.54) is 0 Å². The summed E-state index contributed by atoms with van der Waals surface area (Å²) in [4.78, 5) is 5.17. The number of alkyl halides is 3. The lowest BCUT2D eigenvalue weighted by molar-refractivity contribution is -0.137. The van der Waals surface area contributed by atoms with E-state index in [1.807, 2.05) is 0 Å². The van der Waals surface area contributed by atoms with Crippen LogP contribution in [0.1, 0.15) is 124 Å². The van der Waals surface area contributed by atoms with Gasteiger partial charge in [0.05, 0.1) is 17.3 Å². The fourth-order valence-electron chi connectivity index (χ4n) is 6.76. The van der Waals surface area contributed by atoms with Crippen LogP contribution in [0.25, 0.3) is 0 Å². The topological polar surface area (TPSA) is 42.4 Å². The summed E-state index contributed by atoms with van der Waals surface area (Å²) in [6.45, 7) is 10.8. The normalized spacial score (nSPS) is 32.3. The van der Waals surface area contributed by atoms with Crippen LogP contribution in [0.2, 0.25) is 0 Å². The minimum absolute atomic E-state index is 0.0113. The summed E-state index contributed by atoms with van der Waals surface area (Å²) < 4.78 is 46.7. The lowest BCUT2D eigenvalue weighted by atomic mass is 9.68. The molecule has 0 radical (unpaired) electrons. The van der Waals surface area contributed by atoms with Gasteiger partial charge in [-0.25, -0.2) is 0 Å². The fourth-order valence-corrected chi connectivity index (χ4v) is 6.76. The van der Waals surface area contributed by atoms with E-state index in [2.05, 4.69) is 34.6 Å². The SMILES string of the molecule is CCC1(C)Cc2nc(C(C)C)c3c(c2C(O)C1)C1(CCCC1C)OC3c1ccc(C(F)(F)F)cc1. The number of ether oxygens (including phenoxy) is 1. The van der Waals surface area contributed by atoms with Gasteiger partial charge >= 0.3 is 6.18 Å². The van der Waals surface area contributed by atoms with Gasteiger partial charge in [0.1, 0.15) is 6.10 Å². The van der Waals surface area contributed by atoms with Crippen LogP contribution in [0.3, 0.4) is 0 Å². The molecule has 190 valence electrons. The minimum Gasteiger partial charge on any atom is -0.388 e. The molecule has 1 N–H and O–H groups in total. The Labute approximate surface area is 206 Å². The monoisotopic (exact) mass is 487 g/mol. The minimum atomic E-state index is -4.38. The van der Waals surface area contributed by atoms with Gasteiger partial charge in [0.15, 0.2) is 0 Å². The molecule has 3 aliphatic rings. The molecule has 1 saturated carbocycles. The number of aliphatic hydroxyl groups is 1. The van der Waals surface area contributed by atoms with Gasteiger partial charge in [-0.2, -0.15) is 13.2 Å². The number of aliphatic hydroxyl groups excluding tert-OH is 1. The van der Waals surface area contributed by atoms with Crippen molar-refractivity contribution in [1.29, 1.82) is 0 Å². The molecule has 5 rings (SSSR count). The quantitative estimate of drug-likeness (QED) is 0.481. The summed E-state index contributed by atoms with van der Waals surface area (Å²) in [5.41, 5.74) is 4.42. The first-order valence-electron chi connectivity index (χ1n) is 13.0. The highest BCUT2D eigenvalue weighted by molar-refractivity contribution is 5.55. The molecule has 2 heterocycles. The lowest BCUT2D eigenvalue weighted by Crippen LogP contribution is -2.35. The summed E-state index contributed by atoms with van der Waals surface area (Å²) in [6.07, 6.45) is -0.128. The van der Waals surface area contributed by atoms with E-state index < -0.39 is 29.5 Å². The van der Waals surface area contributed by atoms with Gasteiger partial charge in [-0.3, -0.25) is 4.98 Å². The van der Waals surface area contributed by atoms with Crippen molar-refractivity contribution < 1.29 is 23.0 Å². The third-order valence-electron chi connectivity index (χ3n) is 8.93. The maximum Gasteiger partial charge on any atom is 0.416 e. The largest absolute Gasteiger partial charge is 0.416 e. The third kappa shape index (κ3) is 3.83. The highest BCUT2D eigenvalue weighted by atomic mass is 19.4. The average Bonchev–Trinajstić information content (AvgIpc) is 3.33. The summed E-state index contributed by atoms with van der Waals surface area (Å²) in [5.74, 6) is 0.368. The van der Waals surface area contributed by atoms with E-state index in [0.717, 1.165) is 72.3 Å². The van der Waals surface area contributed by atoms with Crippen molar-refractivity contribution in [2.24, 2.45) is 11.3 Å². The third-order valence-corrected chi connectivity index (χ3v) is 8.93. The Kier molecular flexibility index (Phi) is 5.88. The molecule has 1 aromatic heterocycles. The number of benzene rings is 1. The van der Waals surface area contributed by atoms with Gasteiger partial charge in [0.2, 0.25) is 0 Å². The van der Waals surface area contributed by atoms with E-state index in [0.29, 0.717) is 12.0 Å². The van der Waals surface area contributed by atoms with Gasteiger partial charge < -0.3 is 9.84 Å². The van der Waals surface area contributed by atoms with E-state index in [-0.39, 0.29) is 17.3 Å². The predicted octanol–water partition coefficient (Wildman–Crippen LogP) is 7.75. The van der Waals surface area contributed by atoms with E-state index in [4.69, 9.17) is 9.72 Å². The molecular weight excluding hydrogens is 451 g/mol. The van der Waals surface area contributed by atoms with Crippen molar-refractivity contribution in [1.82, 2.24) is 4.98 Å². The van der Waals surface area contributed by atoms with Gasteiger partial charge in [-0.1, -0.05) is 53.2 Å². The number of nitrogens with zero attached hydrogens (tertiary/aromatic N) is 1. The second kappa shape index (κ2) is 8.31. The summed E-state index contributed by atoms with van der Waals surface area (Å²) >= 11 is 0. The molecule has 2 aliphatic carbocycles. The Hall–Kier alpha value is -1.92. The Morgan fingerprint density at radius 1 is 1.17 bits per heavy atom. The molecule has 5 atom stereocenters. The van der Waals surface area contributed by atoms with Crippen molar-refractivity contribution in [3.8, 4) is 0 Å². The van der Waals surface area contributed by atoms with Crippen LogP contribution in [0.4, 0.5) is 13.2 Å². The molecule has 6 heteroatoms. The standard InChI is InChI=1S/C29H36F3NO2/c1-6-27(5)14-20-22(21(34)15-27)24-23(25(33-20)16(2)3)26(35-28(24)13-7-8-17(28)4)18-9-11-19(12-10-18)29(30,31)32/h9-12,16-17,21,26,34H,6-8,13-15H2,1-5H3. The molecule has 3 nitrogen and oxygen atoms in total. The zero-order valence-corrected chi connectivity index (χ0v) is 21.3. The maximum absolute atomic E-state index is 13.3. The van der Waals surface area contributed by atoms with Gasteiger partial charge in [-0.15, -0.1) is 0 Å². The van der Waals surface area contributed by atoms with Crippen LogP contribution >= 0.6 is 0 Å². The zero-order chi connectivity index (χ0) is 25.3. The maximum atomic E-state index is 13.3. The molecule has 1 spiro atoms. The number of fused-ring (bicyclic) bond motifs is 4. The Morgan fingerprint density at radius 2 is 1.86 bits per heavy atom. The molecule has 2 aromatic rings. The zero-order valence-electron chi connectivity index (χ0n) is 21.3. The van der Waals surface area contributed by atoms with Gasteiger partial charge in [-0.05, 0) is 72.6 Å². The number of rotatable bonds is 3. The molecule has 1 fully saturated rings. The number of aromatic nitrogens is 1. The van der Waals surface area contributed by atoms with Gasteiger partial charge in [0.25, 0.3) is 0 Å². The van der Waals surface area contributed by atoms with E-state index in [1.54, 1.807) is 12.1 Å². The van der Waals surface area contributed by atoms with Crippen LogP contribution in [-0.4, -0.2) is 10.1 Å². The second-order valence-electron chi connectivity index (χ2n) is 11.7. The summed E-state index contributed by atoms with van der Waals surface area (Å²) in [6, 6.07) is 5.38. The number of hydrogen-bond donors (Lipinski definition) is 1. The first-order valence-corrected chi connectivity index (χ1v) is 13.0. The average molecular weight is 488 g/mol. The lowest BCUT2D eigenvalue weighted by Gasteiger charge is -2.40. The van der Waals surface area contributed by atoms with E-state index in [9.17, 15) is 18.3 Å². The van der Waals surface area contributed by atoms with Crippen LogP contribution in [-0.2, 0) is 22.9 Å². The van der Waals surface area contributed by atoms with Gasteiger partial charge in [0, 0.05) is 22.5 Å². The molecule has 1 aliphatic heterocycles. The number of pyridine rings is 1. The van der Waals surface area contributed by atoms with Crippen molar-refractivity contribution in [2.75, 3.05) is 0 Å². The summed E-state index contributed by atoms with van der Waals surface area (Å²) in [5, 5.41) is 11.5. The molecule has 35 heavy (non-hydrogen) atoms. The molecule has 1 aromatic carbocycles. The highest BCUT2D eigenvalue weighted by Crippen LogP contribution is 2.61. The smallest absolute Gasteiger partial charge is 0.388 e. The highest BCUT2D eigenvalue weighted by Gasteiger charge is 2.55. The molecule has 0 amide bonds. The van der Waals surface area contributed by atoms with Crippen molar-refractivity contribution in [2.45, 2.75) is 103 Å². The number of hydrogen-bond acceptors (Lipinski definition) is 3.